The Balaban J connectivity index is 1.96. The second kappa shape index (κ2) is 5.23. The second-order valence-corrected chi connectivity index (χ2v) is 3.99. The van der Waals surface area contributed by atoms with Gasteiger partial charge in [0.15, 0.2) is 0 Å². The number of phenols is 1. The van der Waals surface area contributed by atoms with E-state index in [-0.39, 0.29) is 11.7 Å². The first-order valence-electron chi connectivity index (χ1n) is 5.57. The summed E-state index contributed by atoms with van der Waals surface area (Å²) in [6.07, 6.45) is 0. The smallest absolute Gasteiger partial charge is 0.269 e. The fourth-order valence-electron chi connectivity index (χ4n) is 1.45. The molecule has 0 bridgehead atoms. The van der Waals surface area contributed by atoms with Crippen LogP contribution in [0.1, 0.15) is 15.9 Å². The summed E-state index contributed by atoms with van der Waals surface area (Å²) < 4.78 is 0. The third-order valence-corrected chi connectivity index (χ3v) is 2.50. The molecule has 92 valence electrons. The molecular formula is C14H14N2O2. The van der Waals surface area contributed by atoms with Crippen LogP contribution in [0.25, 0.3) is 0 Å². The highest BCUT2D eigenvalue weighted by atomic mass is 16.3. The first-order valence-corrected chi connectivity index (χ1v) is 5.57. The van der Waals surface area contributed by atoms with Gasteiger partial charge in [-0.15, -0.1) is 0 Å². The van der Waals surface area contributed by atoms with Crippen LogP contribution < -0.4 is 10.9 Å². The van der Waals surface area contributed by atoms with E-state index in [9.17, 15) is 4.79 Å². The van der Waals surface area contributed by atoms with Crippen LogP contribution >= 0.6 is 0 Å². The van der Waals surface area contributed by atoms with Gasteiger partial charge in [0.05, 0.1) is 5.69 Å². The Bertz CT molecular complexity index is 533. The summed E-state index contributed by atoms with van der Waals surface area (Å²) in [5.41, 5.74) is 7.76. The molecule has 0 saturated heterocycles. The Morgan fingerprint density at radius 3 is 2.22 bits per heavy atom. The van der Waals surface area contributed by atoms with Gasteiger partial charge in [0, 0.05) is 5.56 Å². The molecule has 0 radical (unpaired) electrons. The average molecular weight is 242 g/mol. The number of rotatable bonds is 3. The molecule has 4 nitrogen and oxygen atoms in total. The highest BCUT2D eigenvalue weighted by Crippen LogP contribution is 2.12. The quantitative estimate of drug-likeness (QED) is 0.572. The highest BCUT2D eigenvalue weighted by Gasteiger charge is 2.03. The lowest BCUT2D eigenvalue weighted by Gasteiger charge is -2.08. The third-order valence-electron chi connectivity index (χ3n) is 2.50. The molecule has 2 rings (SSSR count). The first-order chi connectivity index (χ1) is 8.65. The van der Waals surface area contributed by atoms with E-state index in [0.717, 1.165) is 5.56 Å². The van der Waals surface area contributed by atoms with E-state index in [1.165, 1.54) is 0 Å². The second-order valence-electron chi connectivity index (χ2n) is 3.99. The molecule has 0 fully saturated rings. The molecule has 2 aromatic rings. The molecule has 1 amide bonds. The van der Waals surface area contributed by atoms with Crippen molar-refractivity contribution in [1.82, 2.24) is 5.43 Å². The lowest BCUT2D eigenvalue weighted by atomic mass is 10.1. The van der Waals surface area contributed by atoms with Gasteiger partial charge in [-0.25, -0.2) is 0 Å². The van der Waals surface area contributed by atoms with Gasteiger partial charge < -0.3 is 5.11 Å². The number of benzene rings is 2. The van der Waals surface area contributed by atoms with Gasteiger partial charge in [0.2, 0.25) is 0 Å². The maximum atomic E-state index is 11.8. The largest absolute Gasteiger partial charge is 0.508 e. The summed E-state index contributed by atoms with van der Waals surface area (Å²) in [4.78, 5) is 11.8. The Morgan fingerprint density at radius 1 is 1.00 bits per heavy atom. The molecule has 0 atom stereocenters. The number of hydrazine groups is 1. The molecule has 4 heteroatoms. The molecule has 18 heavy (non-hydrogen) atoms. The van der Waals surface area contributed by atoms with E-state index in [1.807, 2.05) is 19.1 Å². The van der Waals surface area contributed by atoms with Crippen molar-refractivity contribution in [3.05, 3.63) is 59.7 Å². The van der Waals surface area contributed by atoms with Gasteiger partial charge in [0.25, 0.3) is 5.91 Å². The SMILES string of the molecule is Cc1ccc(C(=O)NNc2ccc(O)cc2)cc1. The van der Waals surface area contributed by atoms with E-state index in [2.05, 4.69) is 10.9 Å². The summed E-state index contributed by atoms with van der Waals surface area (Å²) in [6.45, 7) is 1.97. The van der Waals surface area contributed by atoms with Crippen molar-refractivity contribution < 1.29 is 9.90 Å². The number of nitrogens with one attached hydrogen (secondary N) is 2. The van der Waals surface area contributed by atoms with E-state index in [1.54, 1.807) is 36.4 Å². The number of anilines is 1. The number of carbonyl (C=O) groups excluding carboxylic acids is 1. The summed E-state index contributed by atoms with van der Waals surface area (Å²) >= 11 is 0. The van der Waals surface area contributed by atoms with Crippen molar-refractivity contribution in [2.45, 2.75) is 6.92 Å². The summed E-state index contributed by atoms with van der Waals surface area (Å²) in [7, 11) is 0. The fourth-order valence-corrected chi connectivity index (χ4v) is 1.45. The van der Waals surface area contributed by atoms with E-state index < -0.39 is 0 Å². The van der Waals surface area contributed by atoms with Crippen LogP contribution in [0, 0.1) is 6.92 Å². The van der Waals surface area contributed by atoms with Crippen molar-refractivity contribution in [2.75, 3.05) is 5.43 Å². The molecule has 0 spiro atoms. The molecule has 0 aliphatic rings. The molecule has 0 aliphatic carbocycles. The van der Waals surface area contributed by atoms with Crippen molar-refractivity contribution in [3.63, 3.8) is 0 Å². The number of hydrogen-bond donors (Lipinski definition) is 3. The van der Waals surface area contributed by atoms with Crippen LogP contribution in [0.5, 0.6) is 5.75 Å². The minimum atomic E-state index is -0.205. The normalized spacial score (nSPS) is 9.83. The summed E-state index contributed by atoms with van der Waals surface area (Å²) in [5.74, 6) is -0.0199. The van der Waals surface area contributed by atoms with Crippen molar-refractivity contribution in [2.24, 2.45) is 0 Å². The highest BCUT2D eigenvalue weighted by molar-refractivity contribution is 5.94. The van der Waals surface area contributed by atoms with Gasteiger partial charge >= 0.3 is 0 Å². The molecule has 3 N–H and O–H groups in total. The molecule has 0 saturated carbocycles. The molecule has 0 aromatic heterocycles. The number of aromatic hydroxyl groups is 1. The van der Waals surface area contributed by atoms with Crippen molar-refractivity contribution in [1.29, 1.82) is 0 Å². The predicted octanol–water partition coefficient (Wildman–Crippen LogP) is 2.46. The number of amides is 1. The summed E-state index contributed by atoms with van der Waals surface area (Å²) in [5, 5.41) is 9.12. The Hall–Kier alpha value is -2.49. The van der Waals surface area contributed by atoms with Gasteiger partial charge in [-0.05, 0) is 43.3 Å². The van der Waals surface area contributed by atoms with Gasteiger partial charge in [-0.2, -0.15) is 0 Å². The Morgan fingerprint density at radius 2 is 1.61 bits per heavy atom. The standard InChI is InChI=1S/C14H14N2O2/c1-10-2-4-11(5-3-10)14(18)16-15-12-6-8-13(17)9-7-12/h2-9,15,17H,1H3,(H,16,18). The fraction of sp³-hybridized carbons (Fsp3) is 0.0714. The van der Waals surface area contributed by atoms with Crippen LogP contribution in [0.15, 0.2) is 48.5 Å². The maximum absolute atomic E-state index is 11.8. The zero-order valence-corrected chi connectivity index (χ0v) is 9.97. The minimum absolute atomic E-state index is 0.186. The number of aryl methyl sites for hydroxylation is 1. The first kappa shape index (κ1) is 12.0. The maximum Gasteiger partial charge on any atom is 0.269 e. The Kier molecular flexibility index (Phi) is 3.48. The average Bonchev–Trinajstić information content (AvgIpc) is 2.38. The number of phenolic OH excluding ortho intramolecular Hbond substituents is 1. The number of hydrogen-bond acceptors (Lipinski definition) is 3. The van der Waals surface area contributed by atoms with Crippen LogP contribution in [0.2, 0.25) is 0 Å². The Labute approximate surface area is 105 Å². The van der Waals surface area contributed by atoms with Gasteiger partial charge in [-0.3, -0.25) is 15.6 Å². The van der Waals surface area contributed by atoms with Crippen LogP contribution in [-0.4, -0.2) is 11.0 Å². The molecule has 0 unspecified atom stereocenters. The minimum Gasteiger partial charge on any atom is -0.508 e. The van der Waals surface area contributed by atoms with E-state index in [4.69, 9.17) is 5.11 Å². The van der Waals surface area contributed by atoms with Crippen LogP contribution in [-0.2, 0) is 0 Å². The van der Waals surface area contributed by atoms with Crippen molar-refractivity contribution >= 4 is 11.6 Å². The zero-order valence-electron chi connectivity index (χ0n) is 9.97. The van der Waals surface area contributed by atoms with Gasteiger partial charge in [0.1, 0.15) is 5.75 Å². The summed E-state index contributed by atoms with van der Waals surface area (Å²) in [6, 6.07) is 13.7. The lowest BCUT2D eigenvalue weighted by molar-refractivity contribution is 0.0962. The van der Waals surface area contributed by atoms with Crippen LogP contribution in [0.3, 0.4) is 0 Å². The molecule has 0 heterocycles. The van der Waals surface area contributed by atoms with E-state index in [0.29, 0.717) is 11.3 Å². The molecular weight excluding hydrogens is 228 g/mol. The zero-order chi connectivity index (χ0) is 13.0. The van der Waals surface area contributed by atoms with E-state index >= 15 is 0 Å². The molecule has 2 aromatic carbocycles. The third kappa shape index (κ3) is 3.01. The van der Waals surface area contributed by atoms with Crippen molar-refractivity contribution in [3.8, 4) is 5.75 Å². The van der Waals surface area contributed by atoms with Crippen LogP contribution in [0.4, 0.5) is 5.69 Å². The molecule has 0 aliphatic heterocycles. The predicted molar refractivity (Wildman–Crippen MR) is 70.4 cm³/mol. The number of carbonyl (C=O) groups is 1. The monoisotopic (exact) mass is 242 g/mol. The topological polar surface area (TPSA) is 61.4 Å². The lowest BCUT2D eigenvalue weighted by Crippen LogP contribution is -2.29. The van der Waals surface area contributed by atoms with Gasteiger partial charge in [-0.1, -0.05) is 17.7 Å².